The van der Waals surface area contributed by atoms with Gasteiger partial charge in [0.15, 0.2) is 6.61 Å². The molecule has 0 aliphatic heterocycles. The number of nitrogens with one attached hydrogen (secondary N) is 1. The quantitative estimate of drug-likeness (QED) is 0.812. The van der Waals surface area contributed by atoms with Gasteiger partial charge in [0.1, 0.15) is 0 Å². The average Bonchev–Trinajstić information content (AvgIpc) is 2.54. The molecule has 1 N–H and O–H groups in total. The second-order valence-electron chi connectivity index (χ2n) is 6.12. The molecule has 1 fully saturated rings. The molecule has 1 amide bonds. The lowest BCUT2D eigenvalue weighted by Crippen LogP contribution is -2.21. The molecule has 0 aromatic heterocycles. The fourth-order valence-corrected chi connectivity index (χ4v) is 2.85. The van der Waals surface area contributed by atoms with Crippen molar-refractivity contribution in [1.29, 1.82) is 0 Å². The molecule has 4 nitrogen and oxygen atoms in total. The number of aryl methyl sites for hydroxylation is 1. The molecule has 22 heavy (non-hydrogen) atoms. The minimum atomic E-state index is -0.296. The van der Waals surface area contributed by atoms with Crippen molar-refractivity contribution < 1.29 is 14.3 Å². The summed E-state index contributed by atoms with van der Waals surface area (Å²) in [5.41, 5.74) is 1.85. The molecule has 1 aromatic carbocycles. The Kier molecular flexibility index (Phi) is 6.44. The number of anilines is 1. The van der Waals surface area contributed by atoms with E-state index in [1.165, 1.54) is 32.1 Å². The Balaban J connectivity index is 1.62. The first-order valence-electron chi connectivity index (χ1n) is 8.15. The highest BCUT2D eigenvalue weighted by Crippen LogP contribution is 2.27. The second kappa shape index (κ2) is 8.57. The highest BCUT2D eigenvalue weighted by atomic mass is 16.5. The Morgan fingerprint density at radius 1 is 1.14 bits per heavy atom. The van der Waals surface area contributed by atoms with Gasteiger partial charge in [0, 0.05) is 12.1 Å². The zero-order chi connectivity index (χ0) is 15.8. The average molecular weight is 303 g/mol. The third-order valence-corrected chi connectivity index (χ3v) is 4.18. The molecule has 0 spiro atoms. The minimum absolute atomic E-state index is 0.211. The van der Waals surface area contributed by atoms with Crippen molar-refractivity contribution in [3.05, 3.63) is 29.8 Å². The topological polar surface area (TPSA) is 55.4 Å². The predicted octanol–water partition coefficient (Wildman–Crippen LogP) is 3.84. The van der Waals surface area contributed by atoms with Crippen LogP contribution in [0.15, 0.2) is 24.3 Å². The molecule has 2 rings (SSSR count). The van der Waals surface area contributed by atoms with Crippen LogP contribution in [0.25, 0.3) is 0 Å². The first-order valence-corrected chi connectivity index (χ1v) is 8.15. The van der Waals surface area contributed by atoms with E-state index in [-0.39, 0.29) is 18.5 Å². The van der Waals surface area contributed by atoms with Crippen molar-refractivity contribution in [2.45, 2.75) is 51.9 Å². The van der Waals surface area contributed by atoms with Gasteiger partial charge in [-0.15, -0.1) is 0 Å². The lowest BCUT2D eigenvalue weighted by molar-refractivity contribution is -0.147. The van der Waals surface area contributed by atoms with E-state index >= 15 is 0 Å². The van der Waals surface area contributed by atoms with Crippen molar-refractivity contribution >= 4 is 17.6 Å². The van der Waals surface area contributed by atoms with E-state index in [9.17, 15) is 9.59 Å². The van der Waals surface area contributed by atoms with E-state index in [2.05, 4.69) is 5.32 Å². The molecular formula is C18H25NO3. The SMILES string of the molecule is Cc1ccc(NC(=O)COC(=O)CCC2CCCCC2)cc1. The van der Waals surface area contributed by atoms with Crippen LogP contribution in [0.1, 0.15) is 50.5 Å². The Labute approximate surface area is 132 Å². The standard InChI is InChI=1S/C18H25NO3/c1-14-7-10-16(11-8-14)19-17(20)13-22-18(21)12-9-15-5-3-2-4-6-15/h7-8,10-11,15H,2-6,9,12-13H2,1H3,(H,19,20). The number of carbonyl (C=O) groups excluding carboxylic acids is 2. The summed E-state index contributed by atoms with van der Waals surface area (Å²) < 4.78 is 5.04. The van der Waals surface area contributed by atoms with E-state index in [1.807, 2.05) is 31.2 Å². The summed E-state index contributed by atoms with van der Waals surface area (Å²) in [6, 6.07) is 7.51. The van der Waals surface area contributed by atoms with Gasteiger partial charge in [0.05, 0.1) is 0 Å². The van der Waals surface area contributed by atoms with Crippen LogP contribution in [0.5, 0.6) is 0 Å². The highest BCUT2D eigenvalue weighted by molar-refractivity contribution is 5.92. The zero-order valence-corrected chi connectivity index (χ0v) is 13.3. The van der Waals surface area contributed by atoms with Crippen molar-refractivity contribution in [2.24, 2.45) is 5.92 Å². The molecule has 1 aliphatic carbocycles. The molecule has 0 unspecified atom stereocenters. The van der Waals surface area contributed by atoms with Gasteiger partial charge in [0.2, 0.25) is 0 Å². The molecule has 0 radical (unpaired) electrons. The first-order chi connectivity index (χ1) is 10.6. The number of hydrogen-bond donors (Lipinski definition) is 1. The van der Waals surface area contributed by atoms with Crippen LogP contribution in [0, 0.1) is 12.8 Å². The molecule has 120 valence electrons. The van der Waals surface area contributed by atoms with Crippen LogP contribution in [-0.2, 0) is 14.3 Å². The van der Waals surface area contributed by atoms with Crippen LogP contribution in [0.4, 0.5) is 5.69 Å². The van der Waals surface area contributed by atoms with E-state index < -0.39 is 0 Å². The normalized spacial score (nSPS) is 15.3. The van der Waals surface area contributed by atoms with E-state index in [0.29, 0.717) is 18.0 Å². The molecule has 4 heteroatoms. The number of amides is 1. The van der Waals surface area contributed by atoms with Gasteiger partial charge in [-0.1, -0.05) is 49.8 Å². The van der Waals surface area contributed by atoms with Gasteiger partial charge >= 0.3 is 5.97 Å². The fraction of sp³-hybridized carbons (Fsp3) is 0.556. The fourth-order valence-electron chi connectivity index (χ4n) is 2.85. The Hall–Kier alpha value is -1.84. The van der Waals surface area contributed by atoms with Crippen molar-refractivity contribution in [1.82, 2.24) is 0 Å². The van der Waals surface area contributed by atoms with Crippen molar-refractivity contribution in [3.8, 4) is 0 Å². The Morgan fingerprint density at radius 3 is 2.50 bits per heavy atom. The van der Waals surface area contributed by atoms with Gasteiger partial charge < -0.3 is 10.1 Å². The first kappa shape index (κ1) is 16.5. The number of ether oxygens (including phenoxy) is 1. The molecular weight excluding hydrogens is 278 g/mol. The van der Waals surface area contributed by atoms with Gasteiger partial charge in [-0.05, 0) is 31.4 Å². The smallest absolute Gasteiger partial charge is 0.306 e. The maximum absolute atomic E-state index is 11.7. The van der Waals surface area contributed by atoms with Crippen LogP contribution in [0.2, 0.25) is 0 Å². The van der Waals surface area contributed by atoms with E-state index in [1.54, 1.807) is 0 Å². The Morgan fingerprint density at radius 2 is 1.82 bits per heavy atom. The molecule has 0 heterocycles. The van der Waals surface area contributed by atoms with Gasteiger partial charge in [-0.3, -0.25) is 9.59 Å². The number of carbonyl (C=O) groups is 2. The third-order valence-electron chi connectivity index (χ3n) is 4.18. The summed E-state index contributed by atoms with van der Waals surface area (Å²) in [7, 11) is 0. The molecule has 0 atom stereocenters. The molecule has 1 saturated carbocycles. The molecule has 0 bridgehead atoms. The van der Waals surface area contributed by atoms with Crippen LogP contribution >= 0.6 is 0 Å². The van der Waals surface area contributed by atoms with Crippen molar-refractivity contribution in [2.75, 3.05) is 11.9 Å². The number of rotatable bonds is 6. The number of hydrogen-bond acceptors (Lipinski definition) is 3. The second-order valence-corrected chi connectivity index (χ2v) is 6.12. The lowest BCUT2D eigenvalue weighted by Gasteiger charge is -2.20. The van der Waals surface area contributed by atoms with Gasteiger partial charge in [-0.25, -0.2) is 0 Å². The monoisotopic (exact) mass is 303 g/mol. The summed E-state index contributed by atoms with van der Waals surface area (Å²) in [4.78, 5) is 23.4. The summed E-state index contributed by atoms with van der Waals surface area (Å²) in [6.07, 6.45) is 7.63. The van der Waals surface area contributed by atoms with E-state index in [0.717, 1.165) is 12.0 Å². The highest BCUT2D eigenvalue weighted by Gasteiger charge is 2.15. The minimum Gasteiger partial charge on any atom is -0.456 e. The summed E-state index contributed by atoms with van der Waals surface area (Å²) in [5.74, 6) is 0.0854. The summed E-state index contributed by atoms with van der Waals surface area (Å²) >= 11 is 0. The van der Waals surface area contributed by atoms with Gasteiger partial charge in [0.25, 0.3) is 5.91 Å². The van der Waals surface area contributed by atoms with E-state index in [4.69, 9.17) is 4.74 Å². The maximum atomic E-state index is 11.7. The molecule has 0 saturated heterocycles. The van der Waals surface area contributed by atoms with Crippen LogP contribution in [0.3, 0.4) is 0 Å². The maximum Gasteiger partial charge on any atom is 0.306 e. The lowest BCUT2D eigenvalue weighted by atomic mass is 9.86. The van der Waals surface area contributed by atoms with Crippen LogP contribution in [-0.4, -0.2) is 18.5 Å². The Bertz CT molecular complexity index is 490. The molecule has 1 aliphatic rings. The zero-order valence-electron chi connectivity index (χ0n) is 13.3. The number of esters is 1. The predicted molar refractivity (Wildman–Crippen MR) is 86.6 cm³/mol. The largest absolute Gasteiger partial charge is 0.456 e. The number of benzene rings is 1. The summed E-state index contributed by atoms with van der Waals surface area (Å²) in [6.45, 7) is 1.77. The summed E-state index contributed by atoms with van der Waals surface area (Å²) in [5, 5.41) is 2.71. The van der Waals surface area contributed by atoms with Crippen LogP contribution < -0.4 is 5.32 Å². The van der Waals surface area contributed by atoms with Gasteiger partial charge in [-0.2, -0.15) is 0 Å². The molecule has 1 aromatic rings. The van der Waals surface area contributed by atoms with Crippen molar-refractivity contribution in [3.63, 3.8) is 0 Å². The third kappa shape index (κ3) is 5.88.